The number of amidine groups is 1. The van der Waals surface area contributed by atoms with Crippen LogP contribution in [0.15, 0.2) is 40.9 Å². The molecule has 3 aromatic rings. The van der Waals surface area contributed by atoms with E-state index in [2.05, 4.69) is 10.1 Å². The number of nitrogens with two attached hydrogens (primary N) is 1. The number of Topliss-reactive ketones (excluding diaryl/α,β-unsaturated/α-hetero) is 1. The quantitative estimate of drug-likeness (QED) is 0.242. The Morgan fingerprint density at radius 3 is 2.60 bits per heavy atom. The number of hydrogen-bond acceptors (Lipinski definition) is 6. The third kappa shape index (κ3) is 5.07. The molecular weight excluding hydrogens is 400 g/mol. The van der Waals surface area contributed by atoms with E-state index in [1.807, 2.05) is 68.0 Å². The van der Waals surface area contributed by atoms with Crippen LogP contribution in [0.5, 0.6) is 5.75 Å². The van der Waals surface area contributed by atoms with Crippen molar-refractivity contribution in [1.29, 1.82) is 0 Å². The summed E-state index contributed by atoms with van der Waals surface area (Å²) in [4.78, 5) is 22.2. The second-order valence-corrected chi connectivity index (χ2v) is 7.92. The molecule has 0 aliphatic rings. The molecule has 0 aliphatic carbocycles. The molecule has 8 heteroatoms. The van der Waals surface area contributed by atoms with Crippen LogP contribution in [0.2, 0.25) is 0 Å². The van der Waals surface area contributed by atoms with Crippen LogP contribution in [0.1, 0.15) is 39.4 Å². The van der Waals surface area contributed by atoms with E-state index in [-0.39, 0.29) is 18.2 Å². The first-order valence-corrected chi connectivity index (χ1v) is 10.6. The fourth-order valence-electron chi connectivity index (χ4n) is 3.26. The Morgan fingerprint density at radius 1 is 1.23 bits per heavy atom. The summed E-state index contributed by atoms with van der Waals surface area (Å²) < 4.78 is 7.53. The molecule has 0 saturated heterocycles. The fourth-order valence-corrected chi connectivity index (χ4v) is 3.87. The SMILES string of the molecule is CCOc1ccc(-n2c(C)cc(C(=O)CON=C(N)Cc3csc(C)n3)c2C)cc1. The Kier molecular flexibility index (Phi) is 6.89. The molecule has 2 N–H and O–H groups in total. The monoisotopic (exact) mass is 426 g/mol. The Bertz CT molecular complexity index is 1050. The molecule has 0 unspecified atom stereocenters. The van der Waals surface area contributed by atoms with E-state index in [0.29, 0.717) is 18.6 Å². The molecule has 30 heavy (non-hydrogen) atoms. The number of ether oxygens (including phenoxy) is 1. The lowest BCUT2D eigenvalue weighted by Gasteiger charge is -2.11. The summed E-state index contributed by atoms with van der Waals surface area (Å²) in [6.45, 7) is 8.21. The van der Waals surface area contributed by atoms with Crippen molar-refractivity contribution in [2.24, 2.45) is 10.9 Å². The number of aryl methyl sites for hydroxylation is 2. The van der Waals surface area contributed by atoms with Crippen molar-refractivity contribution in [3.8, 4) is 11.4 Å². The minimum Gasteiger partial charge on any atom is -0.494 e. The lowest BCUT2D eigenvalue weighted by molar-refractivity contribution is 0.0774. The third-order valence-electron chi connectivity index (χ3n) is 4.54. The zero-order valence-electron chi connectivity index (χ0n) is 17.6. The van der Waals surface area contributed by atoms with Gasteiger partial charge in [-0.1, -0.05) is 5.16 Å². The van der Waals surface area contributed by atoms with Crippen molar-refractivity contribution in [3.63, 3.8) is 0 Å². The molecule has 0 bridgehead atoms. The van der Waals surface area contributed by atoms with Crippen LogP contribution in [0.4, 0.5) is 0 Å². The van der Waals surface area contributed by atoms with Gasteiger partial charge in [0.15, 0.2) is 6.61 Å². The number of carbonyl (C=O) groups excluding carboxylic acids is 1. The first-order valence-electron chi connectivity index (χ1n) is 9.69. The smallest absolute Gasteiger partial charge is 0.204 e. The first kappa shape index (κ1) is 21.6. The van der Waals surface area contributed by atoms with E-state index in [0.717, 1.165) is 33.5 Å². The van der Waals surface area contributed by atoms with E-state index in [4.69, 9.17) is 15.3 Å². The van der Waals surface area contributed by atoms with Gasteiger partial charge in [0.05, 0.1) is 23.7 Å². The summed E-state index contributed by atoms with van der Waals surface area (Å²) in [5, 5.41) is 6.75. The van der Waals surface area contributed by atoms with E-state index in [9.17, 15) is 4.79 Å². The van der Waals surface area contributed by atoms with Gasteiger partial charge in [-0.15, -0.1) is 11.3 Å². The highest BCUT2D eigenvalue weighted by Gasteiger charge is 2.17. The molecule has 0 saturated carbocycles. The van der Waals surface area contributed by atoms with Gasteiger partial charge in [-0.2, -0.15) is 0 Å². The van der Waals surface area contributed by atoms with E-state index in [1.165, 1.54) is 0 Å². The largest absolute Gasteiger partial charge is 0.494 e. The average Bonchev–Trinajstić information content (AvgIpc) is 3.25. The highest BCUT2D eigenvalue weighted by molar-refractivity contribution is 7.09. The normalized spacial score (nSPS) is 11.5. The van der Waals surface area contributed by atoms with Crippen molar-refractivity contribution in [1.82, 2.24) is 9.55 Å². The summed E-state index contributed by atoms with van der Waals surface area (Å²) >= 11 is 1.55. The molecule has 7 nitrogen and oxygen atoms in total. The van der Waals surface area contributed by atoms with Gasteiger partial charge in [0.25, 0.3) is 0 Å². The maximum Gasteiger partial charge on any atom is 0.204 e. The van der Waals surface area contributed by atoms with Crippen molar-refractivity contribution >= 4 is 23.0 Å². The minimum absolute atomic E-state index is 0.152. The Labute approximate surface area is 180 Å². The standard InChI is InChI=1S/C22H26N4O3S/c1-5-28-19-8-6-18(7-9-19)26-14(2)10-20(15(26)3)21(27)12-29-25-22(23)11-17-13-30-16(4)24-17/h6-10,13H,5,11-12H2,1-4H3,(H2,23,25). The zero-order valence-corrected chi connectivity index (χ0v) is 18.5. The van der Waals surface area contributed by atoms with E-state index >= 15 is 0 Å². The number of benzene rings is 1. The average molecular weight is 427 g/mol. The number of oxime groups is 1. The number of aromatic nitrogens is 2. The zero-order chi connectivity index (χ0) is 21.7. The van der Waals surface area contributed by atoms with Gasteiger partial charge in [0.2, 0.25) is 5.78 Å². The maximum absolute atomic E-state index is 12.7. The van der Waals surface area contributed by atoms with Gasteiger partial charge in [-0.3, -0.25) is 4.79 Å². The number of hydrogen-bond donors (Lipinski definition) is 1. The number of nitrogens with zero attached hydrogens (tertiary/aromatic N) is 3. The van der Waals surface area contributed by atoms with Gasteiger partial charge in [-0.05, 0) is 58.0 Å². The van der Waals surface area contributed by atoms with Crippen LogP contribution in [-0.2, 0) is 11.3 Å². The Hall–Kier alpha value is -3.13. The highest BCUT2D eigenvalue weighted by atomic mass is 32.1. The van der Waals surface area contributed by atoms with Crippen LogP contribution in [0.3, 0.4) is 0 Å². The second-order valence-electron chi connectivity index (χ2n) is 6.86. The summed E-state index contributed by atoms with van der Waals surface area (Å²) in [7, 11) is 0. The van der Waals surface area contributed by atoms with Gasteiger partial charge >= 0.3 is 0 Å². The molecule has 0 spiro atoms. The lowest BCUT2D eigenvalue weighted by atomic mass is 10.1. The fraction of sp³-hybridized carbons (Fsp3) is 0.318. The molecule has 0 fully saturated rings. The molecular formula is C22H26N4O3S. The number of ketones is 1. The van der Waals surface area contributed by atoms with E-state index < -0.39 is 0 Å². The summed E-state index contributed by atoms with van der Waals surface area (Å²) in [6.07, 6.45) is 0.394. The number of rotatable bonds is 9. The molecule has 2 heterocycles. The van der Waals surface area contributed by atoms with Gasteiger partial charge < -0.3 is 19.9 Å². The lowest BCUT2D eigenvalue weighted by Crippen LogP contribution is -2.17. The summed E-state index contributed by atoms with van der Waals surface area (Å²) in [5.74, 6) is 0.950. The van der Waals surface area contributed by atoms with E-state index in [1.54, 1.807) is 11.3 Å². The van der Waals surface area contributed by atoms with Crippen LogP contribution in [0, 0.1) is 20.8 Å². The number of thiazole rings is 1. The maximum atomic E-state index is 12.7. The second kappa shape index (κ2) is 9.58. The summed E-state index contributed by atoms with van der Waals surface area (Å²) in [5.41, 5.74) is 10.1. The first-order chi connectivity index (χ1) is 14.4. The van der Waals surface area contributed by atoms with Gasteiger partial charge in [0, 0.05) is 28.0 Å². The van der Waals surface area contributed by atoms with Gasteiger partial charge in [-0.25, -0.2) is 4.98 Å². The molecule has 1 aromatic carbocycles. The molecule has 0 amide bonds. The van der Waals surface area contributed by atoms with Crippen LogP contribution >= 0.6 is 11.3 Å². The number of carbonyl (C=O) groups is 1. The molecule has 0 radical (unpaired) electrons. The highest BCUT2D eigenvalue weighted by Crippen LogP contribution is 2.23. The van der Waals surface area contributed by atoms with Crippen molar-refractivity contribution in [3.05, 3.63) is 63.4 Å². The predicted molar refractivity (Wildman–Crippen MR) is 119 cm³/mol. The Balaban J connectivity index is 1.66. The molecule has 0 atom stereocenters. The predicted octanol–water partition coefficient (Wildman–Crippen LogP) is 3.97. The molecule has 0 aliphatic heterocycles. The molecule has 2 aromatic heterocycles. The van der Waals surface area contributed by atoms with Crippen LogP contribution in [-0.4, -0.2) is 34.4 Å². The summed E-state index contributed by atoms with van der Waals surface area (Å²) in [6, 6.07) is 9.65. The third-order valence-corrected chi connectivity index (χ3v) is 5.37. The molecule has 3 rings (SSSR count). The topological polar surface area (TPSA) is 91.7 Å². The Morgan fingerprint density at radius 2 is 1.97 bits per heavy atom. The molecule has 158 valence electrons. The van der Waals surface area contributed by atoms with Crippen molar-refractivity contribution in [2.75, 3.05) is 13.2 Å². The minimum atomic E-state index is -0.176. The van der Waals surface area contributed by atoms with Gasteiger partial charge in [0.1, 0.15) is 11.6 Å². The van der Waals surface area contributed by atoms with Crippen LogP contribution in [0.25, 0.3) is 5.69 Å². The van der Waals surface area contributed by atoms with Crippen molar-refractivity contribution in [2.45, 2.75) is 34.1 Å². The van der Waals surface area contributed by atoms with Crippen molar-refractivity contribution < 1.29 is 14.4 Å². The van der Waals surface area contributed by atoms with Crippen LogP contribution < -0.4 is 10.5 Å².